The second-order valence-electron chi connectivity index (χ2n) is 6.32. The van der Waals surface area contributed by atoms with Gasteiger partial charge in [-0.15, -0.1) is 0 Å². The van der Waals surface area contributed by atoms with E-state index in [1.807, 2.05) is 0 Å². The lowest BCUT2D eigenvalue weighted by atomic mass is 9.70. The minimum absolute atomic E-state index is 0.0285. The van der Waals surface area contributed by atoms with E-state index in [4.69, 9.17) is 22.2 Å². The molecular formula is C16H22ClFN2O. The van der Waals surface area contributed by atoms with Crippen molar-refractivity contribution in [3.8, 4) is 0 Å². The molecule has 2 atom stereocenters. The van der Waals surface area contributed by atoms with Gasteiger partial charge in [-0.3, -0.25) is 11.3 Å². The fourth-order valence-corrected chi connectivity index (χ4v) is 3.88. The van der Waals surface area contributed by atoms with Crippen LogP contribution >= 0.6 is 11.6 Å². The summed E-state index contributed by atoms with van der Waals surface area (Å²) >= 11 is 6.13. The van der Waals surface area contributed by atoms with Gasteiger partial charge in [0.15, 0.2) is 0 Å². The van der Waals surface area contributed by atoms with Crippen molar-refractivity contribution < 1.29 is 9.13 Å². The van der Waals surface area contributed by atoms with Gasteiger partial charge in [-0.05, 0) is 56.6 Å². The van der Waals surface area contributed by atoms with E-state index in [1.54, 1.807) is 12.1 Å². The van der Waals surface area contributed by atoms with E-state index < -0.39 is 0 Å². The maximum Gasteiger partial charge on any atom is 0.127 e. The molecule has 2 fully saturated rings. The van der Waals surface area contributed by atoms with Crippen molar-refractivity contribution in [1.29, 1.82) is 0 Å². The van der Waals surface area contributed by atoms with Crippen LogP contribution in [0, 0.1) is 11.7 Å². The average Bonchev–Trinajstić information content (AvgIpc) is 2.46. The first-order chi connectivity index (χ1) is 10.1. The molecule has 0 bridgehead atoms. The molecule has 1 spiro atoms. The zero-order valence-electron chi connectivity index (χ0n) is 12.1. The first-order valence-corrected chi connectivity index (χ1v) is 8.04. The van der Waals surface area contributed by atoms with Crippen molar-refractivity contribution in [3.63, 3.8) is 0 Å². The van der Waals surface area contributed by atoms with Gasteiger partial charge in [0.2, 0.25) is 0 Å². The summed E-state index contributed by atoms with van der Waals surface area (Å²) in [6.45, 7) is 0.772. The second-order valence-corrected chi connectivity index (χ2v) is 6.72. The monoisotopic (exact) mass is 312 g/mol. The van der Waals surface area contributed by atoms with E-state index in [-0.39, 0.29) is 17.5 Å². The quantitative estimate of drug-likeness (QED) is 0.663. The highest BCUT2D eigenvalue weighted by molar-refractivity contribution is 6.31. The molecule has 3 N–H and O–H groups in total. The van der Waals surface area contributed by atoms with E-state index in [1.165, 1.54) is 12.5 Å². The van der Waals surface area contributed by atoms with Gasteiger partial charge in [-0.1, -0.05) is 17.7 Å². The minimum atomic E-state index is -0.256. The van der Waals surface area contributed by atoms with Gasteiger partial charge in [0, 0.05) is 23.2 Å². The molecule has 1 aliphatic carbocycles. The molecule has 1 aromatic rings. The summed E-state index contributed by atoms with van der Waals surface area (Å²) in [5.41, 5.74) is 3.50. The predicted octanol–water partition coefficient (Wildman–Crippen LogP) is 3.20. The Balaban J connectivity index is 1.73. The number of ether oxygens (including phenoxy) is 1. The van der Waals surface area contributed by atoms with Gasteiger partial charge in [0.25, 0.3) is 0 Å². The highest BCUT2D eigenvalue weighted by Crippen LogP contribution is 2.45. The van der Waals surface area contributed by atoms with Crippen LogP contribution in [0.4, 0.5) is 4.39 Å². The Morgan fingerprint density at radius 2 is 2.29 bits per heavy atom. The van der Waals surface area contributed by atoms with E-state index >= 15 is 0 Å². The second kappa shape index (κ2) is 6.21. The van der Waals surface area contributed by atoms with Crippen molar-refractivity contribution in [2.45, 2.75) is 50.2 Å². The summed E-state index contributed by atoms with van der Waals surface area (Å²) < 4.78 is 19.9. The Morgan fingerprint density at radius 1 is 1.48 bits per heavy atom. The third-order valence-corrected chi connectivity index (χ3v) is 5.42. The summed E-state index contributed by atoms with van der Waals surface area (Å²) in [5, 5.41) is 0.473. The first-order valence-electron chi connectivity index (χ1n) is 7.66. The number of hydrogen-bond donors (Lipinski definition) is 2. The lowest BCUT2D eigenvalue weighted by Gasteiger charge is -2.48. The summed E-state index contributed by atoms with van der Waals surface area (Å²) in [6, 6.07) is 4.84. The van der Waals surface area contributed by atoms with Crippen LogP contribution in [-0.4, -0.2) is 18.2 Å². The number of rotatable bonds is 4. The summed E-state index contributed by atoms with van der Waals surface area (Å²) in [6.07, 6.45) is 6.01. The Bertz CT molecular complexity index is 487. The van der Waals surface area contributed by atoms with Crippen molar-refractivity contribution in [1.82, 2.24) is 5.43 Å². The molecule has 1 heterocycles. The molecule has 0 radical (unpaired) electrons. The van der Waals surface area contributed by atoms with Crippen LogP contribution in [0.3, 0.4) is 0 Å². The number of benzene rings is 1. The molecule has 3 rings (SSSR count). The minimum Gasteiger partial charge on any atom is -0.375 e. The molecule has 0 aromatic heterocycles. The molecule has 3 nitrogen and oxygen atoms in total. The molecule has 21 heavy (non-hydrogen) atoms. The Morgan fingerprint density at radius 3 is 2.90 bits per heavy atom. The van der Waals surface area contributed by atoms with Gasteiger partial charge in [0.05, 0.1) is 5.60 Å². The average molecular weight is 313 g/mol. The van der Waals surface area contributed by atoms with Gasteiger partial charge in [-0.25, -0.2) is 4.39 Å². The maximum atomic E-state index is 14.0. The highest BCUT2D eigenvalue weighted by Gasteiger charge is 2.44. The van der Waals surface area contributed by atoms with Crippen LogP contribution in [-0.2, 0) is 11.2 Å². The fraction of sp³-hybridized carbons (Fsp3) is 0.625. The maximum absolute atomic E-state index is 14.0. The molecule has 1 aliphatic heterocycles. The molecule has 5 heteroatoms. The molecule has 1 saturated carbocycles. The summed E-state index contributed by atoms with van der Waals surface area (Å²) in [4.78, 5) is 0. The first kappa shape index (κ1) is 15.2. The molecule has 2 aliphatic rings. The zero-order chi connectivity index (χ0) is 14.9. The van der Waals surface area contributed by atoms with Crippen LogP contribution < -0.4 is 11.3 Å². The Kier molecular flexibility index (Phi) is 4.50. The third kappa shape index (κ3) is 3.09. The van der Waals surface area contributed by atoms with Crippen molar-refractivity contribution in [2.24, 2.45) is 11.8 Å². The SMILES string of the molecule is NNC(Cc1c(F)cccc1Cl)C1CCOC2(CCC2)C1. The largest absolute Gasteiger partial charge is 0.375 e. The van der Waals surface area contributed by atoms with Crippen LogP contribution in [0.5, 0.6) is 0 Å². The van der Waals surface area contributed by atoms with Crippen molar-refractivity contribution >= 4 is 11.6 Å². The van der Waals surface area contributed by atoms with Crippen molar-refractivity contribution in [3.05, 3.63) is 34.6 Å². The van der Waals surface area contributed by atoms with Crippen LogP contribution in [0.2, 0.25) is 5.02 Å². The molecule has 0 amide bonds. The summed E-state index contributed by atoms with van der Waals surface area (Å²) in [5.74, 6) is 5.89. The Labute approximate surface area is 130 Å². The third-order valence-electron chi connectivity index (χ3n) is 5.06. The van der Waals surface area contributed by atoms with Gasteiger partial charge in [0.1, 0.15) is 5.82 Å². The highest BCUT2D eigenvalue weighted by atomic mass is 35.5. The van der Waals surface area contributed by atoms with Gasteiger partial charge < -0.3 is 4.74 Å². The van der Waals surface area contributed by atoms with E-state index in [0.29, 0.717) is 22.9 Å². The van der Waals surface area contributed by atoms with Gasteiger partial charge in [-0.2, -0.15) is 0 Å². The van der Waals surface area contributed by atoms with E-state index in [0.717, 1.165) is 32.3 Å². The molecule has 1 saturated heterocycles. The van der Waals surface area contributed by atoms with Crippen molar-refractivity contribution in [2.75, 3.05) is 6.61 Å². The number of nitrogens with one attached hydrogen (secondary N) is 1. The van der Waals surface area contributed by atoms with Crippen LogP contribution in [0.15, 0.2) is 18.2 Å². The predicted molar refractivity (Wildman–Crippen MR) is 81.5 cm³/mol. The number of hydrogen-bond acceptors (Lipinski definition) is 3. The normalized spacial score (nSPS) is 25.6. The number of halogens is 2. The fourth-order valence-electron chi connectivity index (χ4n) is 3.64. The molecule has 2 unspecified atom stereocenters. The molecule has 116 valence electrons. The lowest BCUT2D eigenvalue weighted by molar-refractivity contribution is -0.147. The van der Waals surface area contributed by atoms with E-state index in [2.05, 4.69) is 5.43 Å². The molecular weight excluding hydrogens is 291 g/mol. The zero-order valence-corrected chi connectivity index (χ0v) is 12.8. The number of hydrazine groups is 1. The topological polar surface area (TPSA) is 47.3 Å². The lowest BCUT2D eigenvalue weighted by Crippen LogP contribution is -2.52. The van der Waals surface area contributed by atoms with Crippen LogP contribution in [0.1, 0.15) is 37.7 Å². The standard InChI is InChI=1S/C16H22ClFN2O/c17-13-3-1-4-14(18)12(13)9-15(20-19)11-5-8-21-16(10-11)6-2-7-16/h1,3-4,11,15,20H,2,5-10,19H2. The summed E-state index contributed by atoms with van der Waals surface area (Å²) in [7, 11) is 0. The smallest absolute Gasteiger partial charge is 0.127 e. The van der Waals surface area contributed by atoms with Crippen LogP contribution in [0.25, 0.3) is 0 Å². The Hall–Kier alpha value is -0.680. The molecule has 1 aromatic carbocycles. The van der Waals surface area contributed by atoms with E-state index in [9.17, 15) is 4.39 Å². The van der Waals surface area contributed by atoms with Gasteiger partial charge >= 0.3 is 0 Å². The number of nitrogens with two attached hydrogens (primary N) is 1.